The van der Waals surface area contributed by atoms with Gasteiger partial charge in [0.25, 0.3) is 0 Å². The number of carbonyl (C=O) groups is 2. The Hall–Kier alpha value is -2.42. The van der Waals surface area contributed by atoms with E-state index in [1.165, 1.54) is 0 Å². The van der Waals surface area contributed by atoms with Crippen LogP contribution in [0.4, 0.5) is 0 Å². The van der Waals surface area contributed by atoms with Gasteiger partial charge in [-0.15, -0.1) is 0 Å². The number of nitrogens with two attached hydrogens (primary N) is 1. The fourth-order valence-corrected chi connectivity index (χ4v) is 3.02. The molecule has 2 aromatic carbocycles. The molecule has 1 aliphatic carbocycles. The van der Waals surface area contributed by atoms with Crippen LogP contribution in [-0.2, 0) is 11.2 Å². The van der Waals surface area contributed by atoms with Crippen LogP contribution in [0.5, 0.6) is 0 Å². The lowest BCUT2D eigenvalue weighted by molar-refractivity contribution is -0.119. The molecule has 2 aromatic rings. The first kappa shape index (κ1) is 13.6. The van der Waals surface area contributed by atoms with Gasteiger partial charge in [0.2, 0.25) is 5.91 Å². The molecular weight excluding hydrogens is 262 g/mol. The summed E-state index contributed by atoms with van der Waals surface area (Å²) in [6, 6.07) is 13.1. The molecule has 0 radical (unpaired) electrons. The third-order valence-corrected chi connectivity index (χ3v) is 4.17. The van der Waals surface area contributed by atoms with Crippen molar-refractivity contribution < 1.29 is 9.59 Å². The third kappa shape index (κ3) is 2.35. The van der Waals surface area contributed by atoms with Crippen molar-refractivity contribution in [2.75, 3.05) is 0 Å². The molecule has 0 aromatic heterocycles. The maximum Gasteiger partial charge on any atom is 0.224 e. The molecule has 0 saturated carbocycles. The molecule has 21 heavy (non-hydrogen) atoms. The molecule has 0 spiro atoms. The summed E-state index contributed by atoms with van der Waals surface area (Å²) in [4.78, 5) is 24.2. The van der Waals surface area contributed by atoms with E-state index >= 15 is 0 Å². The smallest absolute Gasteiger partial charge is 0.224 e. The summed E-state index contributed by atoms with van der Waals surface area (Å²) in [6.07, 6.45) is 1.43. The zero-order valence-corrected chi connectivity index (χ0v) is 11.9. The van der Waals surface area contributed by atoms with E-state index in [-0.39, 0.29) is 17.6 Å². The van der Waals surface area contributed by atoms with E-state index in [1.807, 2.05) is 49.4 Å². The molecular formula is C18H17NO2. The van der Waals surface area contributed by atoms with Crippen LogP contribution in [0, 0.1) is 6.92 Å². The Kier molecular flexibility index (Phi) is 3.34. The molecule has 1 atom stereocenters. The first-order valence-electron chi connectivity index (χ1n) is 7.10. The fraction of sp³-hybridized carbons (Fsp3) is 0.222. The van der Waals surface area contributed by atoms with Crippen LogP contribution in [0.3, 0.4) is 0 Å². The standard InChI is InChI=1S/C18H17NO2/c1-11-5-7-12(8-6-11)17(20)15-4-2-3-13-14(15)9-10-16(13)18(19)21/h2-8,16H,9-10H2,1H3,(H2,19,21). The maximum atomic E-state index is 12.7. The summed E-state index contributed by atoms with van der Waals surface area (Å²) in [6.45, 7) is 1.99. The number of fused-ring (bicyclic) bond motifs is 1. The number of ketones is 1. The van der Waals surface area contributed by atoms with Gasteiger partial charge in [-0.05, 0) is 30.9 Å². The average molecular weight is 279 g/mol. The summed E-state index contributed by atoms with van der Waals surface area (Å²) in [5, 5.41) is 0. The molecule has 2 N–H and O–H groups in total. The van der Waals surface area contributed by atoms with Gasteiger partial charge in [-0.25, -0.2) is 0 Å². The van der Waals surface area contributed by atoms with Gasteiger partial charge in [0.15, 0.2) is 5.78 Å². The minimum Gasteiger partial charge on any atom is -0.369 e. The van der Waals surface area contributed by atoms with Crippen molar-refractivity contribution in [1.29, 1.82) is 0 Å². The van der Waals surface area contributed by atoms with Crippen molar-refractivity contribution in [2.45, 2.75) is 25.7 Å². The summed E-state index contributed by atoms with van der Waals surface area (Å²) < 4.78 is 0. The molecule has 0 aliphatic heterocycles. The van der Waals surface area contributed by atoms with Crippen LogP contribution >= 0.6 is 0 Å². The van der Waals surface area contributed by atoms with Crippen molar-refractivity contribution >= 4 is 11.7 Å². The third-order valence-electron chi connectivity index (χ3n) is 4.17. The van der Waals surface area contributed by atoms with E-state index in [0.717, 1.165) is 23.1 Å². The number of hydrogen-bond donors (Lipinski definition) is 1. The van der Waals surface area contributed by atoms with Crippen molar-refractivity contribution in [3.63, 3.8) is 0 Å². The number of amides is 1. The molecule has 0 heterocycles. The van der Waals surface area contributed by atoms with Gasteiger partial charge in [-0.3, -0.25) is 9.59 Å². The van der Waals surface area contributed by atoms with Crippen molar-refractivity contribution in [2.24, 2.45) is 5.73 Å². The van der Waals surface area contributed by atoms with Gasteiger partial charge in [0.05, 0.1) is 5.92 Å². The van der Waals surface area contributed by atoms with Crippen molar-refractivity contribution in [3.05, 3.63) is 70.3 Å². The highest BCUT2D eigenvalue weighted by molar-refractivity contribution is 6.10. The lowest BCUT2D eigenvalue weighted by atomic mass is 9.93. The summed E-state index contributed by atoms with van der Waals surface area (Å²) in [7, 11) is 0. The van der Waals surface area contributed by atoms with Crippen LogP contribution in [-0.4, -0.2) is 11.7 Å². The van der Waals surface area contributed by atoms with E-state index in [9.17, 15) is 9.59 Å². The quantitative estimate of drug-likeness (QED) is 0.878. The van der Waals surface area contributed by atoms with Gasteiger partial charge in [0, 0.05) is 11.1 Å². The van der Waals surface area contributed by atoms with Crippen LogP contribution < -0.4 is 5.73 Å². The van der Waals surface area contributed by atoms with Gasteiger partial charge in [-0.1, -0.05) is 48.0 Å². The SMILES string of the molecule is Cc1ccc(C(=O)c2cccc3c2CCC3C(N)=O)cc1. The maximum absolute atomic E-state index is 12.7. The van der Waals surface area contributed by atoms with Crippen LogP contribution in [0.2, 0.25) is 0 Å². The predicted octanol–water partition coefficient (Wildman–Crippen LogP) is 2.74. The molecule has 1 amide bonds. The Morgan fingerprint density at radius 2 is 1.81 bits per heavy atom. The number of carbonyl (C=O) groups excluding carboxylic acids is 2. The van der Waals surface area contributed by atoms with Gasteiger partial charge in [0.1, 0.15) is 0 Å². The molecule has 3 rings (SSSR count). The van der Waals surface area contributed by atoms with E-state index in [2.05, 4.69) is 0 Å². The topological polar surface area (TPSA) is 60.2 Å². The minimum atomic E-state index is -0.311. The van der Waals surface area contributed by atoms with Gasteiger partial charge in [-0.2, -0.15) is 0 Å². The molecule has 1 aliphatic rings. The monoisotopic (exact) mass is 279 g/mol. The lowest BCUT2D eigenvalue weighted by Crippen LogP contribution is -2.19. The van der Waals surface area contributed by atoms with E-state index in [0.29, 0.717) is 17.5 Å². The highest BCUT2D eigenvalue weighted by atomic mass is 16.1. The second-order valence-electron chi connectivity index (χ2n) is 5.56. The van der Waals surface area contributed by atoms with E-state index < -0.39 is 0 Å². The molecule has 106 valence electrons. The van der Waals surface area contributed by atoms with Crippen LogP contribution in [0.25, 0.3) is 0 Å². The molecule has 0 fully saturated rings. The van der Waals surface area contributed by atoms with E-state index in [1.54, 1.807) is 0 Å². The number of primary amides is 1. The summed E-state index contributed by atoms with van der Waals surface area (Å²) >= 11 is 0. The molecule has 3 heteroatoms. The predicted molar refractivity (Wildman–Crippen MR) is 81.3 cm³/mol. The van der Waals surface area contributed by atoms with Crippen LogP contribution in [0.15, 0.2) is 42.5 Å². The Labute approximate surface area is 123 Å². The van der Waals surface area contributed by atoms with Gasteiger partial charge < -0.3 is 5.73 Å². The van der Waals surface area contributed by atoms with Gasteiger partial charge >= 0.3 is 0 Å². The van der Waals surface area contributed by atoms with E-state index in [4.69, 9.17) is 5.73 Å². The number of hydrogen-bond acceptors (Lipinski definition) is 2. The Morgan fingerprint density at radius 3 is 2.48 bits per heavy atom. The highest BCUT2D eigenvalue weighted by Gasteiger charge is 2.30. The second-order valence-corrected chi connectivity index (χ2v) is 5.56. The zero-order chi connectivity index (χ0) is 15.0. The largest absolute Gasteiger partial charge is 0.369 e. The molecule has 1 unspecified atom stereocenters. The first-order valence-corrected chi connectivity index (χ1v) is 7.10. The number of aryl methyl sites for hydroxylation is 1. The summed E-state index contributed by atoms with van der Waals surface area (Å²) in [5.74, 6) is -0.559. The van der Waals surface area contributed by atoms with Crippen molar-refractivity contribution in [1.82, 2.24) is 0 Å². The molecule has 3 nitrogen and oxygen atoms in total. The Morgan fingerprint density at radius 1 is 1.10 bits per heavy atom. The normalized spacial score (nSPS) is 16.5. The molecule has 0 bridgehead atoms. The average Bonchev–Trinajstić information content (AvgIpc) is 2.91. The van der Waals surface area contributed by atoms with Crippen molar-refractivity contribution in [3.8, 4) is 0 Å². The zero-order valence-electron chi connectivity index (χ0n) is 11.9. The Bertz CT molecular complexity index is 716. The number of benzene rings is 2. The lowest BCUT2D eigenvalue weighted by Gasteiger charge is -2.10. The summed E-state index contributed by atoms with van der Waals surface area (Å²) in [5.41, 5.74) is 9.83. The Balaban J connectivity index is 2.03. The second kappa shape index (κ2) is 5.17. The molecule has 0 saturated heterocycles. The number of rotatable bonds is 3. The van der Waals surface area contributed by atoms with Crippen LogP contribution in [0.1, 0.15) is 45.0 Å². The minimum absolute atomic E-state index is 0.0111. The first-order chi connectivity index (χ1) is 10.1. The fourth-order valence-electron chi connectivity index (χ4n) is 3.02. The highest BCUT2D eigenvalue weighted by Crippen LogP contribution is 2.35.